The lowest BCUT2D eigenvalue weighted by molar-refractivity contribution is -0.144. The summed E-state index contributed by atoms with van der Waals surface area (Å²) in [5, 5.41) is 11.7. The number of rotatable bonds is 4. The largest absolute Gasteiger partial charge is 0.479 e. The Morgan fingerprint density at radius 3 is 2.74 bits per heavy atom. The van der Waals surface area contributed by atoms with Gasteiger partial charge in [0.2, 0.25) is 0 Å². The maximum atomic E-state index is 11.9. The smallest absolute Gasteiger partial charge is 0.344 e. The maximum Gasteiger partial charge on any atom is 0.344 e. The molecule has 6 heteroatoms. The second-order valence-electron chi connectivity index (χ2n) is 5.17. The summed E-state index contributed by atoms with van der Waals surface area (Å²) < 4.78 is 10.6. The van der Waals surface area contributed by atoms with Crippen molar-refractivity contribution in [1.82, 2.24) is 0 Å². The van der Waals surface area contributed by atoms with Crippen LogP contribution in [-0.2, 0) is 4.79 Å². The lowest BCUT2D eigenvalue weighted by atomic mass is 10.1. The quantitative estimate of drug-likeness (QED) is 0.738. The van der Waals surface area contributed by atoms with Crippen LogP contribution in [0.15, 0.2) is 44.9 Å². The molecule has 0 aliphatic rings. The highest BCUT2D eigenvalue weighted by Crippen LogP contribution is 2.34. The van der Waals surface area contributed by atoms with Gasteiger partial charge in [0.1, 0.15) is 11.3 Å². The normalized spacial score (nSPS) is 12.3. The van der Waals surface area contributed by atoms with E-state index in [9.17, 15) is 9.59 Å². The zero-order valence-corrected chi connectivity index (χ0v) is 13.3. The van der Waals surface area contributed by atoms with E-state index in [-0.39, 0.29) is 0 Å². The van der Waals surface area contributed by atoms with E-state index in [1.165, 1.54) is 13.0 Å². The molecule has 0 radical (unpaired) electrons. The summed E-state index contributed by atoms with van der Waals surface area (Å²) in [7, 11) is 0. The van der Waals surface area contributed by atoms with E-state index in [1.807, 2.05) is 18.4 Å². The number of carboxylic acid groups (broad SMARTS) is 1. The molecule has 0 fully saturated rings. The van der Waals surface area contributed by atoms with E-state index in [0.29, 0.717) is 11.3 Å². The van der Waals surface area contributed by atoms with Gasteiger partial charge in [0.25, 0.3) is 0 Å². The zero-order valence-electron chi connectivity index (χ0n) is 12.5. The Bertz CT molecular complexity index is 938. The number of ether oxygens (including phenoxy) is 1. The monoisotopic (exact) mass is 330 g/mol. The molecule has 0 bridgehead atoms. The molecule has 3 aromatic rings. The SMILES string of the molecule is Cc1ccsc1-c1cc(=O)oc2cc(O[C@H](C)C(=O)O)ccc12. The van der Waals surface area contributed by atoms with Gasteiger partial charge >= 0.3 is 11.6 Å². The fraction of sp³-hybridized carbons (Fsp3) is 0.176. The zero-order chi connectivity index (χ0) is 16.6. The van der Waals surface area contributed by atoms with Crippen LogP contribution in [0.5, 0.6) is 5.75 Å². The number of hydrogen-bond donors (Lipinski definition) is 1. The van der Waals surface area contributed by atoms with Crippen molar-refractivity contribution in [3.8, 4) is 16.2 Å². The topological polar surface area (TPSA) is 76.7 Å². The van der Waals surface area contributed by atoms with Crippen LogP contribution in [0.4, 0.5) is 0 Å². The molecule has 23 heavy (non-hydrogen) atoms. The summed E-state index contributed by atoms with van der Waals surface area (Å²) >= 11 is 1.56. The Balaban J connectivity index is 2.13. The lowest BCUT2D eigenvalue weighted by Gasteiger charge is -2.11. The van der Waals surface area contributed by atoms with E-state index < -0.39 is 17.7 Å². The van der Waals surface area contributed by atoms with Crippen molar-refractivity contribution in [3.63, 3.8) is 0 Å². The standard InChI is InChI=1S/C17H14O5S/c1-9-5-6-23-16(9)13-8-15(18)22-14-7-11(3-4-12(13)14)21-10(2)17(19)20/h3-8,10H,1-2H3,(H,19,20)/t10-/m1/s1. The summed E-state index contributed by atoms with van der Waals surface area (Å²) in [6.45, 7) is 3.42. The molecule has 0 aliphatic heterocycles. The first-order valence-electron chi connectivity index (χ1n) is 6.97. The highest BCUT2D eigenvalue weighted by molar-refractivity contribution is 7.13. The molecule has 0 aliphatic carbocycles. The van der Waals surface area contributed by atoms with Crippen LogP contribution in [0.2, 0.25) is 0 Å². The van der Waals surface area contributed by atoms with Crippen molar-refractivity contribution in [2.45, 2.75) is 20.0 Å². The van der Waals surface area contributed by atoms with Crippen molar-refractivity contribution in [2.75, 3.05) is 0 Å². The Morgan fingerprint density at radius 1 is 1.30 bits per heavy atom. The lowest BCUT2D eigenvalue weighted by Crippen LogP contribution is -2.22. The van der Waals surface area contributed by atoms with Crippen LogP contribution in [0, 0.1) is 6.92 Å². The average molecular weight is 330 g/mol. The fourth-order valence-electron chi connectivity index (χ4n) is 2.31. The first-order chi connectivity index (χ1) is 11.0. The van der Waals surface area contributed by atoms with Crippen molar-refractivity contribution in [1.29, 1.82) is 0 Å². The van der Waals surface area contributed by atoms with E-state index in [2.05, 4.69) is 0 Å². The minimum absolute atomic E-state index is 0.343. The predicted octanol–water partition coefficient (Wildman–Crippen LogP) is 3.68. The van der Waals surface area contributed by atoms with Gasteiger partial charge in [0, 0.05) is 28.0 Å². The van der Waals surface area contributed by atoms with E-state index in [0.717, 1.165) is 21.4 Å². The molecule has 5 nitrogen and oxygen atoms in total. The Morgan fingerprint density at radius 2 is 2.09 bits per heavy atom. The highest BCUT2D eigenvalue weighted by Gasteiger charge is 2.15. The number of aryl methyl sites for hydroxylation is 1. The number of benzene rings is 1. The summed E-state index contributed by atoms with van der Waals surface area (Å²) in [6, 6.07) is 8.46. The Labute approximate surface area is 135 Å². The minimum atomic E-state index is -1.06. The molecule has 0 saturated carbocycles. The Hall–Kier alpha value is -2.60. The van der Waals surface area contributed by atoms with Gasteiger partial charge in [0.05, 0.1) is 0 Å². The van der Waals surface area contributed by atoms with Crippen LogP contribution in [0.3, 0.4) is 0 Å². The molecular formula is C17H14O5S. The highest BCUT2D eigenvalue weighted by atomic mass is 32.1. The van der Waals surface area contributed by atoms with E-state index >= 15 is 0 Å². The summed E-state index contributed by atoms with van der Waals surface area (Å²) in [5.41, 5.74) is 1.81. The third kappa shape index (κ3) is 2.98. The third-order valence-electron chi connectivity index (χ3n) is 3.48. The maximum absolute atomic E-state index is 11.9. The first kappa shape index (κ1) is 15.3. The van der Waals surface area contributed by atoms with Crippen molar-refractivity contribution < 1.29 is 19.1 Å². The van der Waals surface area contributed by atoms with Gasteiger partial charge in [-0.1, -0.05) is 0 Å². The molecule has 3 rings (SSSR count). The third-order valence-corrected chi connectivity index (χ3v) is 4.53. The summed E-state index contributed by atoms with van der Waals surface area (Å²) in [4.78, 5) is 23.7. The van der Waals surface area contributed by atoms with E-state index in [1.54, 1.807) is 29.5 Å². The molecule has 0 amide bonds. The van der Waals surface area contributed by atoms with Gasteiger partial charge in [0.15, 0.2) is 6.10 Å². The van der Waals surface area contributed by atoms with Gasteiger partial charge in [-0.05, 0) is 43.0 Å². The predicted molar refractivity (Wildman–Crippen MR) is 88.3 cm³/mol. The summed E-state index contributed by atoms with van der Waals surface area (Å²) in [6.07, 6.45) is -0.984. The number of hydrogen-bond acceptors (Lipinski definition) is 5. The summed E-state index contributed by atoms with van der Waals surface area (Å²) in [5.74, 6) is -0.717. The number of fused-ring (bicyclic) bond motifs is 1. The molecular weight excluding hydrogens is 316 g/mol. The number of carboxylic acids is 1. The molecule has 1 atom stereocenters. The van der Waals surface area contributed by atoms with E-state index in [4.69, 9.17) is 14.3 Å². The van der Waals surface area contributed by atoms with Crippen LogP contribution >= 0.6 is 11.3 Å². The van der Waals surface area contributed by atoms with Crippen LogP contribution in [-0.4, -0.2) is 17.2 Å². The van der Waals surface area contributed by atoms with Gasteiger partial charge in [-0.3, -0.25) is 0 Å². The molecule has 2 heterocycles. The number of thiophene rings is 1. The number of aliphatic carboxylic acids is 1. The molecule has 0 saturated heterocycles. The van der Waals surface area contributed by atoms with Crippen molar-refractivity contribution in [3.05, 3.63) is 51.7 Å². The van der Waals surface area contributed by atoms with Gasteiger partial charge < -0.3 is 14.3 Å². The van der Waals surface area contributed by atoms with Crippen molar-refractivity contribution in [2.24, 2.45) is 0 Å². The molecule has 1 aromatic carbocycles. The second-order valence-corrected chi connectivity index (χ2v) is 6.08. The molecule has 0 unspecified atom stereocenters. The molecule has 0 spiro atoms. The Kier molecular flexibility index (Phi) is 3.92. The van der Waals surface area contributed by atoms with Crippen LogP contribution < -0.4 is 10.4 Å². The molecule has 2 aromatic heterocycles. The molecule has 1 N–H and O–H groups in total. The van der Waals surface area contributed by atoms with Gasteiger partial charge in [-0.15, -0.1) is 11.3 Å². The average Bonchev–Trinajstić information content (AvgIpc) is 2.91. The number of carbonyl (C=O) groups is 1. The minimum Gasteiger partial charge on any atom is -0.479 e. The second kappa shape index (κ2) is 5.89. The first-order valence-corrected chi connectivity index (χ1v) is 7.85. The molecule has 118 valence electrons. The van der Waals surface area contributed by atoms with Crippen molar-refractivity contribution >= 4 is 28.3 Å². The van der Waals surface area contributed by atoms with Gasteiger partial charge in [-0.2, -0.15) is 0 Å². The van der Waals surface area contributed by atoms with Crippen LogP contribution in [0.25, 0.3) is 21.4 Å². The fourth-order valence-corrected chi connectivity index (χ4v) is 3.27. The van der Waals surface area contributed by atoms with Gasteiger partial charge in [-0.25, -0.2) is 9.59 Å². The van der Waals surface area contributed by atoms with Crippen LogP contribution in [0.1, 0.15) is 12.5 Å².